The summed E-state index contributed by atoms with van der Waals surface area (Å²) in [6.07, 6.45) is 1.13. The quantitative estimate of drug-likeness (QED) is 0.278. The number of aliphatic hydroxyl groups excluding tert-OH is 1. The fourth-order valence-corrected chi connectivity index (χ4v) is 6.87. The molecule has 0 radical (unpaired) electrons. The highest BCUT2D eigenvalue weighted by atomic mass is 35.5. The molecule has 2 N–H and O–H groups in total. The van der Waals surface area contributed by atoms with Crippen LogP contribution in [-0.4, -0.2) is 78.5 Å². The molecule has 12 heteroatoms. The van der Waals surface area contributed by atoms with Crippen molar-refractivity contribution in [3.05, 3.63) is 87.0 Å². The molecule has 238 valence electrons. The molecule has 1 atom stereocenters. The smallest absolute Gasteiger partial charge is 0.291 e. The number of anilines is 1. The van der Waals surface area contributed by atoms with E-state index in [-0.39, 0.29) is 23.1 Å². The van der Waals surface area contributed by atoms with Crippen LogP contribution in [0.25, 0.3) is 11.1 Å². The first-order valence-corrected chi connectivity index (χ1v) is 15.8. The summed E-state index contributed by atoms with van der Waals surface area (Å²) in [5.41, 5.74) is 6.25. The van der Waals surface area contributed by atoms with E-state index in [2.05, 4.69) is 31.2 Å². The summed E-state index contributed by atoms with van der Waals surface area (Å²) in [6.45, 7) is 5.25. The molecule has 0 aliphatic carbocycles. The minimum Gasteiger partial charge on any atom is -0.392 e. The van der Waals surface area contributed by atoms with Crippen LogP contribution in [0.5, 0.6) is 0 Å². The number of imidazole rings is 2. The van der Waals surface area contributed by atoms with Gasteiger partial charge in [-0.3, -0.25) is 14.5 Å². The zero-order chi connectivity index (χ0) is 32.7. The van der Waals surface area contributed by atoms with Crippen molar-refractivity contribution in [1.29, 1.82) is 5.26 Å². The number of ketones is 1. The van der Waals surface area contributed by atoms with Gasteiger partial charge in [-0.1, -0.05) is 41.9 Å². The van der Waals surface area contributed by atoms with Gasteiger partial charge < -0.3 is 24.5 Å². The van der Waals surface area contributed by atoms with Crippen molar-refractivity contribution in [2.45, 2.75) is 45.4 Å². The maximum absolute atomic E-state index is 13.5. The van der Waals surface area contributed by atoms with Crippen LogP contribution in [0.3, 0.4) is 0 Å². The Morgan fingerprint density at radius 1 is 0.978 bits per heavy atom. The molecular weight excluding hydrogens is 604 g/mol. The number of carbonyl (C=O) groups excluding carboxylic acids is 2. The fraction of sp³-hybridized carbons (Fsp3) is 0.382. The maximum Gasteiger partial charge on any atom is 0.291 e. The van der Waals surface area contributed by atoms with Gasteiger partial charge >= 0.3 is 0 Å². The van der Waals surface area contributed by atoms with Gasteiger partial charge in [-0.2, -0.15) is 5.26 Å². The van der Waals surface area contributed by atoms with Crippen molar-refractivity contribution >= 4 is 29.0 Å². The van der Waals surface area contributed by atoms with E-state index >= 15 is 0 Å². The summed E-state index contributed by atoms with van der Waals surface area (Å²) < 4.78 is 3.69. The number of benzene rings is 2. The average molecular weight is 641 g/mol. The van der Waals surface area contributed by atoms with E-state index in [1.54, 1.807) is 43.3 Å². The summed E-state index contributed by atoms with van der Waals surface area (Å²) >= 11 is 6.89. The number of halogens is 1. The van der Waals surface area contributed by atoms with E-state index in [1.165, 1.54) is 0 Å². The zero-order valence-electron chi connectivity index (χ0n) is 26.5. The lowest BCUT2D eigenvalue weighted by Gasteiger charge is -2.27. The van der Waals surface area contributed by atoms with Gasteiger partial charge in [-0.05, 0) is 25.6 Å². The number of β-amino-alcohol motifs (C(OH)–C–C–N with tert-alkyl or cyclic N) is 1. The van der Waals surface area contributed by atoms with Crippen molar-refractivity contribution in [2.24, 2.45) is 14.1 Å². The van der Waals surface area contributed by atoms with Crippen LogP contribution in [0.15, 0.2) is 36.4 Å². The van der Waals surface area contributed by atoms with E-state index in [9.17, 15) is 20.0 Å². The lowest BCUT2D eigenvalue weighted by molar-refractivity contribution is 0.0977. The number of amides is 1. The SMILES string of the molecule is C[C@H](O)CN1CCc2c(nc(C(=O)Nc3cccc(-c4cccc(CC(=O)c5nc6c(n5C)CCN(C)C6)c4C#N)c3Cl)n2C)C1. The highest BCUT2D eigenvalue weighted by Gasteiger charge is 2.28. The molecule has 2 aromatic carbocycles. The molecule has 0 unspecified atom stereocenters. The van der Waals surface area contributed by atoms with Crippen molar-refractivity contribution in [3.63, 3.8) is 0 Å². The Bertz CT molecular complexity index is 1890. The number of aliphatic hydroxyl groups is 1. The van der Waals surface area contributed by atoms with Crippen LogP contribution in [0, 0.1) is 11.3 Å². The highest BCUT2D eigenvalue weighted by molar-refractivity contribution is 6.36. The Kier molecular flexibility index (Phi) is 8.81. The van der Waals surface area contributed by atoms with Crippen LogP contribution in [0.1, 0.15) is 62.1 Å². The Morgan fingerprint density at radius 3 is 2.37 bits per heavy atom. The highest BCUT2D eigenvalue weighted by Crippen LogP contribution is 2.37. The number of hydrogen-bond acceptors (Lipinski definition) is 8. The van der Waals surface area contributed by atoms with Gasteiger partial charge in [-0.25, -0.2) is 9.97 Å². The minimum absolute atomic E-state index is 0.0167. The number of fused-ring (bicyclic) bond motifs is 2. The van der Waals surface area contributed by atoms with E-state index in [0.717, 1.165) is 48.7 Å². The molecule has 4 heterocycles. The molecule has 1 amide bonds. The summed E-state index contributed by atoms with van der Waals surface area (Å²) in [4.78, 5) is 40.5. The van der Waals surface area contributed by atoms with Crippen molar-refractivity contribution in [1.82, 2.24) is 28.9 Å². The molecule has 11 nitrogen and oxygen atoms in total. The average Bonchev–Trinajstić information content (AvgIpc) is 3.53. The largest absolute Gasteiger partial charge is 0.392 e. The van der Waals surface area contributed by atoms with Crippen LogP contribution < -0.4 is 5.32 Å². The maximum atomic E-state index is 13.5. The Hall–Kier alpha value is -4.34. The number of likely N-dealkylation sites (N-methyl/N-ethyl adjacent to an activating group) is 1. The Labute approximate surface area is 273 Å². The molecule has 2 aromatic heterocycles. The Balaban J connectivity index is 1.25. The number of aromatic nitrogens is 4. The van der Waals surface area contributed by atoms with E-state index in [0.29, 0.717) is 53.4 Å². The summed E-state index contributed by atoms with van der Waals surface area (Å²) in [5.74, 6) is 0.101. The molecule has 0 saturated heterocycles. The lowest BCUT2D eigenvalue weighted by atomic mass is 9.93. The normalized spacial score (nSPS) is 15.6. The molecule has 46 heavy (non-hydrogen) atoms. The lowest BCUT2D eigenvalue weighted by Crippen LogP contribution is -2.36. The van der Waals surface area contributed by atoms with Crippen molar-refractivity contribution in [3.8, 4) is 17.2 Å². The number of hydrogen-bond donors (Lipinski definition) is 2. The first-order chi connectivity index (χ1) is 22.0. The Morgan fingerprint density at radius 2 is 1.63 bits per heavy atom. The van der Waals surface area contributed by atoms with E-state index in [1.807, 2.05) is 30.3 Å². The third-order valence-electron chi connectivity index (χ3n) is 8.91. The second-order valence-corrected chi connectivity index (χ2v) is 12.6. The second-order valence-electron chi connectivity index (χ2n) is 12.3. The van der Waals surface area contributed by atoms with Crippen LogP contribution in [-0.2, 0) is 46.4 Å². The summed E-state index contributed by atoms with van der Waals surface area (Å²) in [7, 11) is 5.74. The third kappa shape index (κ3) is 5.97. The predicted molar refractivity (Wildman–Crippen MR) is 175 cm³/mol. The minimum atomic E-state index is -0.446. The number of nitrogens with zero attached hydrogens (tertiary/aromatic N) is 7. The molecule has 2 aliphatic heterocycles. The number of Topliss-reactive ketones (excluding diaryl/α,β-unsaturated/α-hetero) is 1. The summed E-state index contributed by atoms with van der Waals surface area (Å²) in [6, 6.07) is 12.9. The second kappa shape index (κ2) is 12.8. The van der Waals surface area contributed by atoms with Gasteiger partial charge in [-0.15, -0.1) is 0 Å². The van der Waals surface area contributed by atoms with Gasteiger partial charge in [0.1, 0.15) is 6.07 Å². The fourth-order valence-electron chi connectivity index (χ4n) is 6.59. The third-order valence-corrected chi connectivity index (χ3v) is 9.31. The van der Waals surface area contributed by atoms with E-state index in [4.69, 9.17) is 11.6 Å². The number of carbonyl (C=O) groups is 2. The molecule has 0 spiro atoms. The topological polar surface area (TPSA) is 132 Å². The molecule has 6 rings (SSSR count). The van der Waals surface area contributed by atoms with Gasteiger partial charge in [0.2, 0.25) is 5.78 Å². The van der Waals surface area contributed by atoms with Crippen molar-refractivity contribution in [2.75, 3.05) is 32.0 Å². The van der Waals surface area contributed by atoms with Crippen molar-refractivity contribution < 1.29 is 14.7 Å². The molecular formula is C34H37ClN8O3. The van der Waals surface area contributed by atoms with Crippen LogP contribution >= 0.6 is 11.6 Å². The first kappa shape index (κ1) is 31.6. The van der Waals surface area contributed by atoms with Gasteiger partial charge in [0, 0.05) is 88.6 Å². The number of nitriles is 1. The number of rotatable bonds is 8. The number of nitrogens with one attached hydrogen (secondary N) is 1. The monoisotopic (exact) mass is 640 g/mol. The zero-order valence-corrected chi connectivity index (χ0v) is 27.2. The molecule has 0 saturated carbocycles. The predicted octanol–water partition coefficient (Wildman–Crippen LogP) is 3.75. The van der Waals surface area contributed by atoms with Crippen LogP contribution in [0.4, 0.5) is 5.69 Å². The molecule has 0 bridgehead atoms. The standard InChI is InChI=1S/C34H37ClN8O3/c1-20(44)17-43-14-12-29-27(19-43)38-33(42(29)4)34(46)39-25-10-6-9-23(31(25)35)22-8-5-7-21(24(22)16-36)15-30(45)32-37-26-18-40(2)13-11-28(26)41(32)3/h5-10,20,44H,11-15,17-19H2,1-4H3,(H,39,46)/t20-/m0/s1. The van der Waals surface area contributed by atoms with E-state index < -0.39 is 12.0 Å². The molecule has 2 aliphatic rings. The first-order valence-electron chi connectivity index (χ1n) is 15.4. The van der Waals surface area contributed by atoms with Gasteiger partial charge in [0.05, 0.1) is 33.8 Å². The van der Waals surface area contributed by atoms with Crippen LogP contribution in [0.2, 0.25) is 5.02 Å². The molecule has 4 aromatic rings. The van der Waals surface area contributed by atoms with Gasteiger partial charge in [0.15, 0.2) is 11.6 Å². The molecule has 0 fully saturated rings. The van der Waals surface area contributed by atoms with Gasteiger partial charge in [0.25, 0.3) is 5.91 Å². The summed E-state index contributed by atoms with van der Waals surface area (Å²) in [5, 5.41) is 23.2.